The second kappa shape index (κ2) is 9.70. The Bertz CT molecular complexity index is 1050. The van der Waals surface area contributed by atoms with E-state index in [1.807, 2.05) is 35.2 Å². The van der Waals surface area contributed by atoms with E-state index >= 15 is 0 Å². The van der Waals surface area contributed by atoms with Gasteiger partial charge in [0.05, 0.1) is 5.69 Å². The van der Waals surface area contributed by atoms with Crippen LogP contribution in [-0.4, -0.2) is 62.5 Å². The van der Waals surface area contributed by atoms with Crippen LogP contribution in [0.25, 0.3) is 10.8 Å². The van der Waals surface area contributed by atoms with Crippen LogP contribution in [0, 0.1) is 5.82 Å². The van der Waals surface area contributed by atoms with Crippen LogP contribution in [0.3, 0.4) is 0 Å². The zero-order chi connectivity index (χ0) is 21.6. The predicted molar refractivity (Wildman–Crippen MR) is 119 cm³/mol. The number of benzene rings is 2. The number of halogens is 1. The van der Waals surface area contributed by atoms with Crippen LogP contribution < -0.4 is 15.1 Å². The number of para-hydroxylation sites is 1. The minimum atomic E-state index is -0.240. The SMILES string of the molecule is COCCCNC(=O)c1nnc(N2CCN(c3ccccc3F)CC2)c2ccccc12. The van der Waals surface area contributed by atoms with Crippen molar-refractivity contribution >= 4 is 28.2 Å². The highest BCUT2D eigenvalue weighted by Crippen LogP contribution is 2.28. The molecule has 7 nitrogen and oxygen atoms in total. The van der Waals surface area contributed by atoms with Crippen LogP contribution in [0.5, 0.6) is 0 Å². The van der Waals surface area contributed by atoms with Crippen molar-refractivity contribution in [2.45, 2.75) is 6.42 Å². The summed E-state index contributed by atoms with van der Waals surface area (Å²) in [7, 11) is 1.63. The van der Waals surface area contributed by atoms with E-state index in [1.165, 1.54) is 6.07 Å². The summed E-state index contributed by atoms with van der Waals surface area (Å²) in [6, 6.07) is 14.5. The highest BCUT2D eigenvalue weighted by molar-refractivity contribution is 6.07. The maximum absolute atomic E-state index is 14.1. The molecule has 0 bridgehead atoms. The van der Waals surface area contributed by atoms with Crippen molar-refractivity contribution in [1.82, 2.24) is 15.5 Å². The molecule has 2 aromatic carbocycles. The molecule has 0 saturated carbocycles. The third-order valence-corrected chi connectivity index (χ3v) is 5.47. The lowest BCUT2D eigenvalue weighted by Crippen LogP contribution is -2.47. The van der Waals surface area contributed by atoms with Crippen molar-refractivity contribution in [3.63, 3.8) is 0 Å². The van der Waals surface area contributed by atoms with Gasteiger partial charge in [0.2, 0.25) is 0 Å². The van der Waals surface area contributed by atoms with Crippen LogP contribution in [0.2, 0.25) is 0 Å². The van der Waals surface area contributed by atoms with Crippen LogP contribution >= 0.6 is 0 Å². The molecule has 1 amide bonds. The number of aromatic nitrogens is 2. The fourth-order valence-electron chi connectivity index (χ4n) is 3.86. The lowest BCUT2D eigenvalue weighted by molar-refractivity contribution is 0.0944. The van der Waals surface area contributed by atoms with E-state index in [4.69, 9.17) is 4.74 Å². The second-order valence-corrected chi connectivity index (χ2v) is 7.45. The molecule has 162 valence electrons. The fraction of sp³-hybridized carbons (Fsp3) is 0.348. The number of rotatable bonds is 7. The van der Waals surface area contributed by atoms with Gasteiger partial charge < -0.3 is 19.9 Å². The molecule has 4 rings (SSSR count). The molecule has 8 heteroatoms. The lowest BCUT2D eigenvalue weighted by Gasteiger charge is -2.37. The Morgan fingerprint density at radius 1 is 1.00 bits per heavy atom. The van der Waals surface area contributed by atoms with Gasteiger partial charge in [-0.1, -0.05) is 36.4 Å². The molecule has 0 unspecified atom stereocenters. The topological polar surface area (TPSA) is 70.6 Å². The van der Waals surface area contributed by atoms with Crippen molar-refractivity contribution in [2.75, 3.05) is 56.2 Å². The number of nitrogens with one attached hydrogen (secondary N) is 1. The molecule has 1 N–H and O–H groups in total. The maximum atomic E-state index is 14.1. The Balaban J connectivity index is 1.52. The molecule has 3 aromatic rings. The van der Waals surface area contributed by atoms with Crippen LogP contribution in [-0.2, 0) is 4.74 Å². The second-order valence-electron chi connectivity index (χ2n) is 7.45. The minimum Gasteiger partial charge on any atom is -0.385 e. The summed E-state index contributed by atoms with van der Waals surface area (Å²) in [5.41, 5.74) is 0.945. The largest absolute Gasteiger partial charge is 0.385 e. The van der Waals surface area contributed by atoms with Crippen molar-refractivity contribution in [3.05, 3.63) is 60.0 Å². The summed E-state index contributed by atoms with van der Waals surface area (Å²) in [5.74, 6) is 0.303. The van der Waals surface area contributed by atoms with Crippen molar-refractivity contribution in [2.24, 2.45) is 0 Å². The molecule has 0 spiro atoms. The summed E-state index contributed by atoms with van der Waals surface area (Å²) in [5, 5.41) is 13.2. The molecule has 0 atom stereocenters. The van der Waals surface area contributed by atoms with Gasteiger partial charge in [-0.2, -0.15) is 0 Å². The maximum Gasteiger partial charge on any atom is 0.272 e. The smallest absolute Gasteiger partial charge is 0.272 e. The summed E-state index contributed by atoms with van der Waals surface area (Å²) < 4.78 is 19.1. The number of nitrogens with zero attached hydrogens (tertiary/aromatic N) is 4. The van der Waals surface area contributed by atoms with Gasteiger partial charge in [0.25, 0.3) is 5.91 Å². The van der Waals surface area contributed by atoms with Crippen LogP contribution in [0.15, 0.2) is 48.5 Å². The Hall–Kier alpha value is -3.26. The van der Waals surface area contributed by atoms with Crippen molar-refractivity contribution in [1.29, 1.82) is 0 Å². The zero-order valence-corrected chi connectivity index (χ0v) is 17.6. The van der Waals surface area contributed by atoms with Crippen molar-refractivity contribution in [3.8, 4) is 0 Å². The van der Waals surface area contributed by atoms with E-state index in [0.717, 1.165) is 23.0 Å². The minimum absolute atomic E-state index is 0.206. The molecule has 1 aromatic heterocycles. The van der Waals surface area contributed by atoms with E-state index in [9.17, 15) is 9.18 Å². The number of hydrogen-bond donors (Lipinski definition) is 1. The third kappa shape index (κ3) is 4.59. The van der Waals surface area contributed by atoms with E-state index < -0.39 is 0 Å². The number of methoxy groups -OCH3 is 1. The van der Waals surface area contributed by atoms with E-state index in [2.05, 4.69) is 20.4 Å². The molecule has 0 radical (unpaired) electrons. The molecule has 1 fully saturated rings. The van der Waals surface area contributed by atoms with Gasteiger partial charge in [-0.3, -0.25) is 4.79 Å². The van der Waals surface area contributed by atoms with Gasteiger partial charge in [-0.15, -0.1) is 10.2 Å². The first kappa shape index (κ1) is 21.0. The van der Waals surface area contributed by atoms with Gasteiger partial charge in [-0.05, 0) is 18.6 Å². The third-order valence-electron chi connectivity index (χ3n) is 5.47. The predicted octanol–water partition coefficient (Wildman–Crippen LogP) is 2.86. The lowest BCUT2D eigenvalue weighted by atomic mass is 10.1. The Labute approximate surface area is 180 Å². The standard InChI is InChI=1S/C23H26FN5O2/c1-31-16-6-11-25-23(30)21-17-7-2-3-8-18(17)22(27-26-21)29-14-12-28(13-15-29)20-10-5-4-9-19(20)24/h2-5,7-10H,6,11-16H2,1H3,(H,25,30). The van der Waals surface area contributed by atoms with Crippen LogP contribution in [0.1, 0.15) is 16.9 Å². The monoisotopic (exact) mass is 423 g/mol. The number of fused-ring (bicyclic) bond motifs is 1. The van der Waals surface area contributed by atoms with Crippen LogP contribution in [0.4, 0.5) is 15.9 Å². The van der Waals surface area contributed by atoms with Gasteiger partial charge in [0, 0.05) is 57.2 Å². The number of amides is 1. The first-order chi connectivity index (χ1) is 15.2. The number of carbonyl (C=O) groups is 1. The van der Waals surface area contributed by atoms with Gasteiger partial charge >= 0.3 is 0 Å². The first-order valence-electron chi connectivity index (χ1n) is 10.5. The summed E-state index contributed by atoms with van der Waals surface area (Å²) in [6.07, 6.45) is 0.734. The number of hydrogen-bond acceptors (Lipinski definition) is 6. The summed E-state index contributed by atoms with van der Waals surface area (Å²) >= 11 is 0. The van der Waals surface area contributed by atoms with E-state index in [-0.39, 0.29) is 11.7 Å². The van der Waals surface area contributed by atoms with Gasteiger partial charge in [0.1, 0.15) is 5.82 Å². The Kier molecular flexibility index (Phi) is 6.57. The molecule has 1 aliphatic heterocycles. The number of ether oxygens (including phenoxy) is 1. The summed E-state index contributed by atoms with van der Waals surface area (Å²) in [6.45, 7) is 3.84. The first-order valence-corrected chi connectivity index (χ1v) is 10.5. The highest BCUT2D eigenvalue weighted by Gasteiger charge is 2.23. The van der Waals surface area contributed by atoms with Crippen molar-refractivity contribution < 1.29 is 13.9 Å². The van der Waals surface area contributed by atoms with Gasteiger partial charge in [0.15, 0.2) is 11.5 Å². The van der Waals surface area contributed by atoms with Gasteiger partial charge in [-0.25, -0.2) is 4.39 Å². The Morgan fingerprint density at radius 3 is 2.42 bits per heavy atom. The molecule has 0 aliphatic carbocycles. The average molecular weight is 423 g/mol. The molecular formula is C23H26FN5O2. The molecular weight excluding hydrogens is 397 g/mol. The number of carbonyl (C=O) groups excluding carboxylic acids is 1. The van der Waals surface area contributed by atoms with E-state index in [1.54, 1.807) is 19.2 Å². The average Bonchev–Trinajstić information content (AvgIpc) is 2.81. The molecule has 1 aliphatic rings. The van der Waals surface area contributed by atoms with E-state index in [0.29, 0.717) is 50.7 Å². The molecule has 31 heavy (non-hydrogen) atoms. The normalized spacial score (nSPS) is 14.1. The summed E-state index contributed by atoms with van der Waals surface area (Å²) in [4.78, 5) is 16.8. The number of anilines is 2. The quantitative estimate of drug-likeness (QED) is 0.590. The molecule has 1 saturated heterocycles. The highest BCUT2D eigenvalue weighted by atomic mass is 19.1. The fourth-order valence-corrected chi connectivity index (χ4v) is 3.86. The molecule has 2 heterocycles. The zero-order valence-electron chi connectivity index (χ0n) is 17.6. The Morgan fingerprint density at radius 2 is 1.68 bits per heavy atom. The number of piperazine rings is 1.